The summed E-state index contributed by atoms with van der Waals surface area (Å²) in [5, 5.41) is 0. The smallest absolute Gasteiger partial charge is 0.255 e. The van der Waals surface area contributed by atoms with E-state index in [4.69, 9.17) is 10.5 Å². The van der Waals surface area contributed by atoms with Crippen molar-refractivity contribution < 1.29 is 9.13 Å². The lowest BCUT2D eigenvalue weighted by atomic mass is 10.3. The second-order valence-electron chi connectivity index (χ2n) is 3.47. The summed E-state index contributed by atoms with van der Waals surface area (Å²) in [6.07, 6.45) is 1.55. The largest absolute Gasteiger partial charge is 0.436 e. The highest BCUT2D eigenvalue weighted by atomic mass is 19.1. The van der Waals surface area contributed by atoms with Crippen molar-refractivity contribution in [2.24, 2.45) is 0 Å². The van der Waals surface area contributed by atoms with Crippen molar-refractivity contribution in [2.75, 3.05) is 5.73 Å². The number of nitrogens with two attached hydrogens (primary N) is 1. The summed E-state index contributed by atoms with van der Waals surface area (Å²) in [5.74, 6) is -0.00310. The number of hydrogen-bond acceptors (Lipinski definition) is 3. The van der Waals surface area contributed by atoms with Gasteiger partial charge in [0.15, 0.2) is 5.82 Å². The lowest BCUT2D eigenvalue weighted by Crippen LogP contribution is -1.93. The number of nitrogens with zero attached hydrogens (tertiary/aromatic N) is 1. The summed E-state index contributed by atoms with van der Waals surface area (Å²) in [7, 11) is 0. The van der Waals surface area contributed by atoms with Gasteiger partial charge in [-0.05, 0) is 42.8 Å². The Kier molecular flexibility index (Phi) is 2.72. The van der Waals surface area contributed by atoms with Crippen LogP contribution in [0.15, 0.2) is 36.5 Å². The molecule has 0 atom stereocenters. The Bertz CT molecular complexity index is 497. The molecular weight excluding hydrogens is 207 g/mol. The van der Waals surface area contributed by atoms with Crippen LogP contribution in [0.4, 0.5) is 10.1 Å². The van der Waals surface area contributed by atoms with Crippen LogP contribution in [0.3, 0.4) is 0 Å². The van der Waals surface area contributed by atoms with Gasteiger partial charge in [0.05, 0.1) is 0 Å². The van der Waals surface area contributed by atoms with E-state index in [9.17, 15) is 4.39 Å². The van der Waals surface area contributed by atoms with E-state index in [1.165, 1.54) is 6.07 Å². The summed E-state index contributed by atoms with van der Waals surface area (Å²) < 4.78 is 18.7. The van der Waals surface area contributed by atoms with Gasteiger partial charge in [0.2, 0.25) is 0 Å². The number of halogens is 1. The van der Waals surface area contributed by atoms with Gasteiger partial charge in [-0.25, -0.2) is 9.37 Å². The molecule has 1 aromatic carbocycles. The van der Waals surface area contributed by atoms with Crippen LogP contribution in [-0.2, 0) is 0 Å². The van der Waals surface area contributed by atoms with Crippen molar-refractivity contribution in [2.45, 2.75) is 6.92 Å². The first kappa shape index (κ1) is 10.4. The van der Waals surface area contributed by atoms with Gasteiger partial charge in [-0.1, -0.05) is 0 Å². The van der Waals surface area contributed by atoms with Crippen molar-refractivity contribution in [3.05, 3.63) is 47.9 Å². The lowest BCUT2D eigenvalue weighted by Gasteiger charge is -2.06. The molecule has 0 aliphatic carbocycles. The van der Waals surface area contributed by atoms with Gasteiger partial charge in [0.1, 0.15) is 5.75 Å². The van der Waals surface area contributed by atoms with Gasteiger partial charge in [0, 0.05) is 11.9 Å². The summed E-state index contributed by atoms with van der Waals surface area (Å²) in [4.78, 5) is 3.87. The molecule has 3 nitrogen and oxygen atoms in total. The normalized spacial score (nSPS) is 10.1. The molecule has 0 aliphatic rings. The van der Waals surface area contributed by atoms with Crippen molar-refractivity contribution in [1.29, 1.82) is 0 Å². The van der Waals surface area contributed by atoms with Gasteiger partial charge in [-0.2, -0.15) is 0 Å². The Morgan fingerprint density at radius 3 is 2.56 bits per heavy atom. The van der Waals surface area contributed by atoms with Crippen molar-refractivity contribution in [3.8, 4) is 11.6 Å². The fraction of sp³-hybridized carbons (Fsp3) is 0.0833. The molecule has 16 heavy (non-hydrogen) atoms. The Morgan fingerprint density at radius 2 is 1.94 bits per heavy atom. The Labute approximate surface area is 92.7 Å². The number of aryl methyl sites for hydroxylation is 1. The van der Waals surface area contributed by atoms with Gasteiger partial charge in [-0.3, -0.25) is 0 Å². The first-order chi connectivity index (χ1) is 7.65. The maximum Gasteiger partial charge on any atom is 0.255 e. The topological polar surface area (TPSA) is 48.1 Å². The predicted octanol–water partition coefficient (Wildman–Crippen LogP) is 2.90. The Morgan fingerprint density at radius 1 is 1.25 bits per heavy atom. The molecule has 82 valence electrons. The van der Waals surface area contributed by atoms with Crippen molar-refractivity contribution in [1.82, 2.24) is 4.98 Å². The summed E-state index contributed by atoms with van der Waals surface area (Å²) >= 11 is 0. The zero-order valence-electron chi connectivity index (χ0n) is 8.77. The van der Waals surface area contributed by atoms with E-state index in [0.29, 0.717) is 11.4 Å². The first-order valence-corrected chi connectivity index (χ1v) is 4.81. The molecule has 1 aromatic heterocycles. The Hall–Kier alpha value is -2.10. The molecule has 2 rings (SSSR count). The highest BCUT2D eigenvalue weighted by molar-refractivity contribution is 5.42. The summed E-state index contributed by atoms with van der Waals surface area (Å²) in [6.45, 7) is 1.77. The molecule has 0 radical (unpaired) electrons. The fourth-order valence-electron chi connectivity index (χ4n) is 1.24. The van der Waals surface area contributed by atoms with Crippen LogP contribution in [0, 0.1) is 12.7 Å². The maximum atomic E-state index is 13.4. The SMILES string of the molecule is Cc1cnc(Oc2ccc(N)cc2)c(F)c1. The summed E-state index contributed by atoms with van der Waals surface area (Å²) in [5.41, 5.74) is 6.91. The number of aromatic nitrogens is 1. The molecule has 0 amide bonds. The second kappa shape index (κ2) is 4.18. The number of ether oxygens (including phenoxy) is 1. The summed E-state index contributed by atoms with van der Waals surface area (Å²) in [6, 6.07) is 8.06. The quantitative estimate of drug-likeness (QED) is 0.788. The average Bonchev–Trinajstić information content (AvgIpc) is 2.25. The molecule has 0 saturated carbocycles. The minimum absolute atomic E-state index is 0.0321. The van der Waals surface area contributed by atoms with Gasteiger partial charge < -0.3 is 10.5 Å². The van der Waals surface area contributed by atoms with Crippen LogP contribution in [0.25, 0.3) is 0 Å². The molecular formula is C12H11FN2O. The third-order valence-corrected chi connectivity index (χ3v) is 2.04. The zero-order valence-corrected chi connectivity index (χ0v) is 8.77. The van der Waals surface area contributed by atoms with E-state index in [1.54, 1.807) is 37.4 Å². The van der Waals surface area contributed by atoms with Gasteiger partial charge in [0.25, 0.3) is 5.88 Å². The molecule has 1 heterocycles. The molecule has 4 heteroatoms. The minimum atomic E-state index is -0.475. The van der Waals surface area contributed by atoms with E-state index in [1.807, 2.05) is 0 Å². The van der Waals surface area contributed by atoms with Crippen molar-refractivity contribution >= 4 is 5.69 Å². The van der Waals surface area contributed by atoms with E-state index in [0.717, 1.165) is 5.56 Å². The molecule has 0 bridgehead atoms. The van der Waals surface area contributed by atoms with Gasteiger partial charge in [-0.15, -0.1) is 0 Å². The molecule has 2 aromatic rings. The maximum absolute atomic E-state index is 13.4. The van der Waals surface area contributed by atoms with Crippen molar-refractivity contribution in [3.63, 3.8) is 0 Å². The average molecular weight is 218 g/mol. The molecule has 0 fully saturated rings. The van der Waals surface area contributed by atoms with Crippen LogP contribution < -0.4 is 10.5 Å². The molecule has 0 aliphatic heterocycles. The third-order valence-electron chi connectivity index (χ3n) is 2.04. The Balaban J connectivity index is 2.23. The zero-order chi connectivity index (χ0) is 11.5. The number of pyridine rings is 1. The standard InChI is InChI=1S/C12H11FN2O/c1-8-6-11(13)12(15-7-8)16-10-4-2-9(14)3-5-10/h2-7H,14H2,1H3. The third kappa shape index (κ3) is 2.28. The van der Waals surface area contributed by atoms with Crippen LogP contribution >= 0.6 is 0 Å². The van der Waals surface area contributed by atoms with Crippen LogP contribution in [0.1, 0.15) is 5.56 Å². The lowest BCUT2D eigenvalue weighted by molar-refractivity contribution is 0.422. The molecule has 0 saturated heterocycles. The fourth-order valence-corrected chi connectivity index (χ4v) is 1.24. The van der Waals surface area contributed by atoms with Crippen LogP contribution in [-0.4, -0.2) is 4.98 Å². The van der Waals surface area contributed by atoms with Gasteiger partial charge >= 0.3 is 0 Å². The molecule has 0 unspecified atom stereocenters. The molecule has 0 spiro atoms. The van der Waals surface area contributed by atoms with E-state index in [2.05, 4.69) is 4.98 Å². The van der Waals surface area contributed by atoms with Crippen LogP contribution in [0.5, 0.6) is 11.6 Å². The van der Waals surface area contributed by atoms with Crippen LogP contribution in [0.2, 0.25) is 0 Å². The second-order valence-corrected chi connectivity index (χ2v) is 3.47. The minimum Gasteiger partial charge on any atom is -0.436 e. The molecule has 2 N–H and O–H groups in total. The monoisotopic (exact) mass is 218 g/mol. The number of rotatable bonds is 2. The first-order valence-electron chi connectivity index (χ1n) is 4.81. The number of hydrogen-bond donors (Lipinski definition) is 1. The van der Waals surface area contributed by atoms with E-state index >= 15 is 0 Å². The highest BCUT2D eigenvalue weighted by Gasteiger charge is 2.06. The van der Waals surface area contributed by atoms with E-state index < -0.39 is 5.82 Å². The number of benzene rings is 1. The van der Waals surface area contributed by atoms with E-state index in [-0.39, 0.29) is 5.88 Å². The predicted molar refractivity (Wildman–Crippen MR) is 59.9 cm³/mol. The highest BCUT2D eigenvalue weighted by Crippen LogP contribution is 2.23. The number of anilines is 1. The number of nitrogen functional groups attached to an aromatic ring is 1.